The van der Waals surface area contributed by atoms with E-state index in [-0.39, 0.29) is 36.2 Å². The summed E-state index contributed by atoms with van der Waals surface area (Å²) in [6, 6.07) is 4.56. The van der Waals surface area contributed by atoms with Crippen molar-refractivity contribution >= 4 is 17.7 Å². The first kappa shape index (κ1) is 30.6. The first-order valence-electron chi connectivity index (χ1n) is 11.8. The van der Waals surface area contributed by atoms with Crippen LogP contribution in [0.4, 0.5) is 13.2 Å². The SMILES string of the molecule is CC(C)(C)c1cc(C(=O)NCCNC(=O)C(CCCCN)[NH2+]C(=O)C(F)(F)F)cc(C(C)(C)C)c1. The number of benzene rings is 1. The van der Waals surface area contributed by atoms with E-state index >= 15 is 0 Å². The van der Waals surface area contributed by atoms with Gasteiger partial charge in [-0.05, 0) is 53.5 Å². The fourth-order valence-corrected chi connectivity index (χ4v) is 3.30. The molecule has 6 N–H and O–H groups in total. The molecule has 10 heteroatoms. The number of quaternary nitrogens is 1. The highest BCUT2D eigenvalue weighted by Gasteiger charge is 2.45. The number of amides is 3. The lowest BCUT2D eigenvalue weighted by molar-refractivity contribution is -0.605. The molecule has 0 heterocycles. The van der Waals surface area contributed by atoms with Crippen LogP contribution in [-0.2, 0) is 20.4 Å². The predicted molar refractivity (Wildman–Crippen MR) is 129 cm³/mol. The second-order valence-electron chi connectivity index (χ2n) is 10.8. The molecule has 1 rings (SSSR count). The molecule has 0 saturated carbocycles. The summed E-state index contributed by atoms with van der Waals surface area (Å²) in [5.74, 6) is -3.06. The standard InChI is InChI=1S/C25H39F3N4O3/c1-23(2,3)17-13-16(14-18(15-17)24(4,5)6)20(33)30-11-12-31-21(34)19(9-7-8-10-29)32-22(35)25(26,27)28/h13-15,19H,7-12,29H2,1-6H3,(H,30,33)(H,31,34)(H,32,35)/p+1. The summed E-state index contributed by atoms with van der Waals surface area (Å²) in [4.78, 5) is 36.6. The van der Waals surface area contributed by atoms with Gasteiger partial charge < -0.3 is 16.4 Å². The van der Waals surface area contributed by atoms with Gasteiger partial charge in [-0.1, -0.05) is 47.6 Å². The quantitative estimate of drug-likeness (QED) is 0.368. The molecule has 1 atom stereocenters. The zero-order valence-corrected chi connectivity index (χ0v) is 21.6. The van der Waals surface area contributed by atoms with Crippen LogP contribution in [0.1, 0.15) is 82.3 Å². The normalized spacial score (nSPS) is 13.3. The minimum absolute atomic E-state index is 0.0110. The number of nitrogens with one attached hydrogen (secondary N) is 2. The van der Waals surface area contributed by atoms with Crippen molar-refractivity contribution in [2.24, 2.45) is 5.73 Å². The van der Waals surface area contributed by atoms with Gasteiger partial charge >= 0.3 is 12.1 Å². The zero-order valence-electron chi connectivity index (χ0n) is 21.6. The lowest BCUT2D eigenvalue weighted by Gasteiger charge is -2.26. The zero-order chi connectivity index (χ0) is 27.0. The molecule has 1 unspecified atom stereocenters. The van der Waals surface area contributed by atoms with Gasteiger partial charge in [0.25, 0.3) is 11.8 Å². The van der Waals surface area contributed by atoms with Crippen molar-refractivity contribution in [1.82, 2.24) is 10.6 Å². The molecule has 1 aromatic rings. The molecule has 0 radical (unpaired) electrons. The molecule has 0 spiro atoms. The molecule has 3 amide bonds. The third-order valence-electron chi connectivity index (χ3n) is 5.58. The van der Waals surface area contributed by atoms with Gasteiger partial charge in [0, 0.05) is 25.1 Å². The number of halogens is 3. The van der Waals surface area contributed by atoms with E-state index in [1.807, 2.05) is 12.1 Å². The molecule has 198 valence electrons. The molecule has 7 nitrogen and oxygen atoms in total. The van der Waals surface area contributed by atoms with E-state index < -0.39 is 24.0 Å². The van der Waals surface area contributed by atoms with Crippen molar-refractivity contribution in [3.63, 3.8) is 0 Å². The Kier molecular flexibility index (Phi) is 10.9. The van der Waals surface area contributed by atoms with Gasteiger partial charge in [-0.2, -0.15) is 13.2 Å². The maximum Gasteiger partial charge on any atom is 0.509 e. The Morgan fingerprint density at radius 3 is 1.86 bits per heavy atom. The van der Waals surface area contributed by atoms with E-state index in [4.69, 9.17) is 5.73 Å². The minimum Gasteiger partial charge on any atom is -0.350 e. The number of primary amides is 1. The van der Waals surface area contributed by atoms with E-state index in [0.717, 1.165) is 11.1 Å². The smallest absolute Gasteiger partial charge is 0.350 e. The van der Waals surface area contributed by atoms with Gasteiger partial charge in [0.2, 0.25) is 0 Å². The molecular formula is C25H40F3N4O3+. The van der Waals surface area contributed by atoms with Crippen LogP contribution >= 0.6 is 0 Å². The summed E-state index contributed by atoms with van der Waals surface area (Å²) in [6.07, 6.45) is -4.02. The van der Waals surface area contributed by atoms with Crippen molar-refractivity contribution < 1.29 is 32.9 Å². The number of alkyl halides is 3. The molecule has 0 saturated heterocycles. The number of nitrogens with two attached hydrogens (primary N) is 2. The van der Waals surface area contributed by atoms with Crippen molar-refractivity contribution in [1.29, 1.82) is 0 Å². The second-order valence-corrected chi connectivity index (χ2v) is 10.8. The Bertz CT molecular complexity index is 855. The second kappa shape index (κ2) is 12.5. The van der Waals surface area contributed by atoms with Crippen molar-refractivity contribution in [2.75, 3.05) is 19.6 Å². The average Bonchev–Trinajstić information content (AvgIpc) is 2.73. The molecule has 0 aliphatic heterocycles. The molecule has 0 bridgehead atoms. The lowest BCUT2D eigenvalue weighted by atomic mass is 9.79. The predicted octanol–water partition coefficient (Wildman–Crippen LogP) is 2.28. The van der Waals surface area contributed by atoms with Gasteiger partial charge in [-0.25, -0.2) is 4.79 Å². The highest BCUT2D eigenvalue weighted by molar-refractivity contribution is 5.94. The maximum absolute atomic E-state index is 12.8. The summed E-state index contributed by atoms with van der Waals surface area (Å²) < 4.78 is 37.9. The van der Waals surface area contributed by atoms with E-state index in [1.54, 1.807) is 0 Å². The topological polar surface area (TPSA) is 118 Å². The molecule has 0 aliphatic rings. The molecule has 0 fully saturated rings. The average molecular weight is 502 g/mol. The van der Waals surface area contributed by atoms with Gasteiger partial charge in [-0.3, -0.25) is 14.9 Å². The van der Waals surface area contributed by atoms with Crippen LogP contribution in [-0.4, -0.2) is 49.6 Å². The minimum atomic E-state index is -5.03. The molecule has 0 aromatic heterocycles. The summed E-state index contributed by atoms with van der Waals surface area (Å²) in [5, 5.41) is 5.66. The number of rotatable bonds is 10. The van der Waals surface area contributed by atoms with Crippen LogP contribution < -0.4 is 21.7 Å². The molecule has 0 aliphatic carbocycles. The monoisotopic (exact) mass is 501 g/mol. The Morgan fingerprint density at radius 1 is 0.886 bits per heavy atom. The number of hydrogen-bond acceptors (Lipinski definition) is 4. The molecule has 35 heavy (non-hydrogen) atoms. The first-order valence-corrected chi connectivity index (χ1v) is 11.8. The number of unbranched alkanes of at least 4 members (excludes halogenated alkanes) is 1. The van der Waals surface area contributed by atoms with Crippen molar-refractivity contribution in [3.05, 3.63) is 34.9 Å². The Balaban J connectivity index is 2.79. The Labute approximate surface area is 205 Å². The van der Waals surface area contributed by atoms with Crippen LogP contribution in [0.15, 0.2) is 18.2 Å². The largest absolute Gasteiger partial charge is 0.509 e. The van der Waals surface area contributed by atoms with Gasteiger partial charge in [-0.15, -0.1) is 0 Å². The Morgan fingerprint density at radius 2 is 1.40 bits per heavy atom. The number of hydrogen-bond donors (Lipinski definition) is 4. The van der Waals surface area contributed by atoms with Crippen LogP contribution in [0.5, 0.6) is 0 Å². The Hall–Kier alpha value is -2.46. The summed E-state index contributed by atoms with van der Waals surface area (Å²) >= 11 is 0. The maximum atomic E-state index is 12.8. The van der Waals surface area contributed by atoms with Gasteiger partial charge in [0.05, 0.1) is 0 Å². The number of carbonyl (C=O) groups excluding carboxylic acids is 3. The highest BCUT2D eigenvalue weighted by atomic mass is 19.4. The fourth-order valence-electron chi connectivity index (χ4n) is 3.30. The van der Waals surface area contributed by atoms with E-state index in [1.165, 1.54) is 0 Å². The van der Waals surface area contributed by atoms with Crippen molar-refractivity contribution in [2.45, 2.75) is 83.9 Å². The van der Waals surface area contributed by atoms with Crippen LogP contribution in [0.25, 0.3) is 0 Å². The van der Waals surface area contributed by atoms with Gasteiger partial charge in [0.15, 0.2) is 6.04 Å². The van der Waals surface area contributed by atoms with Crippen LogP contribution in [0.3, 0.4) is 0 Å². The van der Waals surface area contributed by atoms with E-state index in [0.29, 0.717) is 30.3 Å². The summed E-state index contributed by atoms with van der Waals surface area (Å²) in [6.45, 7) is 12.8. The molecule has 1 aromatic carbocycles. The lowest BCUT2D eigenvalue weighted by Crippen LogP contribution is -2.98. The number of carbonyl (C=O) groups is 3. The van der Waals surface area contributed by atoms with Crippen LogP contribution in [0.2, 0.25) is 0 Å². The molecular weight excluding hydrogens is 461 g/mol. The fraction of sp³-hybridized carbons (Fsp3) is 0.640. The third-order valence-corrected chi connectivity index (χ3v) is 5.58. The van der Waals surface area contributed by atoms with E-state index in [9.17, 15) is 27.6 Å². The highest BCUT2D eigenvalue weighted by Crippen LogP contribution is 2.30. The summed E-state index contributed by atoms with van der Waals surface area (Å²) in [7, 11) is 0. The summed E-state index contributed by atoms with van der Waals surface area (Å²) in [5.41, 5.74) is 7.63. The van der Waals surface area contributed by atoms with Crippen LogP contribution in [0, 0.1) is 0 Å². The van der Waals surface area contributed by atoms with Gasteiger partial charge in [0.1, 0.15) is 0 Å². The third kappa shape index (κ3) is 10.4. The van der Waals surface area contributed by atoms with Crippen molar-refractivity contribution in [3.8, 4) is 0 Å². The first-order chi connectivity index (χ1) is 16.0. The van der Waals surface area contributed by atoms with E-state index in [2.05, 4.69) is 58.2 Å².